The van der Waals surface area contributed by atoms with Gasteiger partial charge in [0.2, 0.25) is 0 Å². The molecular formula is C16H19NO2. The number of rotatable bonds is 5. The first-order chi connectivity index (χ1) is 9.26. The van der Waals surface area contributed by atoms with Crippen molar-refractivity contribution in [3.05, 3.63) is 65.2 Å². The fraction of sp³-hybridized carbons (Fsp3) is 0.250. The second-order valence-corrected chi connectivity index (χ2v) is 4.40. The van der Waals surface area contributed by atoms with E-state index in [0.717, 1.165) is 29.0 Å². The number of ether oxygens (including phenoxy) is 1. The minimum atomic E-state index is -0.615. The normalized spacial score (nSPS) is 12.2. The fourth-order valence-electron chi connectivity index (χ4n) is 2.12. The number of hydrogen-bond acceptors (Lipinski definition) is 3. The van der Waals surface area contributed by atoms with Gasteiger partial charge in [0.1, 0.15) is 11.9 Å². The summed E-state index contributed by atoms with van der Waals surface area (Å²) >= 11 is 0. The van der Waals surface area contributed by atoms with E-state index >= 15 is 0 Å². The van der Waals surface area contributed by atoms with E-state index in [1.807, 2.05) is 55.6 Å². The van der Waals surface area contributed by atoms with Gasteiger partial charge in [0.05, 0.1) is 7.11 Å². The van der Waals surface area contributed by atoms with Gasteiger partial charge in [0.15, 0.2) is 0 Å². The van der Waals surface area contributed by atoms with Crippen molar-refractivity contribution in [1.82, 2.24) is 5.32 Å². The van der Waals surface area contributed by atoms with E-state index in [1.165, 1.54) is 0 Å². The van der Waals surface area contributed by atoms with Gasteiger partial charge in [0, 0.05) is 6.54 Å². The first-order valence-electron chi connectivity index (χ1n) is 6.30. The standard InChI is InChI=1S/C16H19NO2/c1-17-11-13-5-3-4-6-15(13)16(18)12-7-9-14(19-2)10-8-12/h3-10,16-18H,11H2,1-2H3/t16-/m0/s1. The lowest BCUT2D eigenvalue weighted by atomic mass is 9.97. The van der Waals surface area contributed by atoms with E-state index in [9.17, 15) is 5.11 Å². The first kappa shape index (κ1) is 13.6. The van der Waals surface area contributed by atoms with Crippen LogP contribution in [0.25, 0.3) is 0 Å². The van der Waals surface area contributed by atoms with Crippen molar-refractivity contribution >= 4 is 0 Å². The zero-order valence-electron chi connectivity index (χ0n) is 11.3. The van der Waals surface area contributed by atoms with Gasteiger partial charge in [-0.15, -0.1) is 0 Å². The largest absolute Gasteiger partial charge is 0.497 e. The molecule has 0 heterocycles. The molecular weight excluding hydrogens is 238 g/mol. The van der Waals surface area contributed by atoms with Crippen LogP contribution in [0.5, 0.6) is 5.75 Å². The summed E-state index contributed by atoms with van der Waals surface area (Å²) in [6.07, 6.45) is -0.615. The summed E-state index contributed by atoms with van der Waals surface area (Å²) in [6, 6.07) is 15.4. The van der Waals surface area contributed by atoms with Crippen LogP contribution >= 0.6 is 0 Å². The minimum Gasteiger partial charge on any atom is -0.497 e. The molecule has 2 aromatic carbocycles. The maximum Gasteiger partial charge on any atom is 0.118 e. The molecule has 100 valence electrons. The average molecular weight is 257 g/mol. The van der Waals surface area contributed by atoms with Crippen molar-refractivity contribution in [2.24, 2.45) is 0 Å². The van der Waals surface area contributed by atoms with Gasteiger partial charge in [0.25, 0.3) is 0 Å². The summed E-state index contributed by atoms with van der Waals surface area (Å²) < 4.78 is 5.13. The third-order valence-electron chi connectivity index (χ3n) is 3.15. The summed E-state index contributed by atoms with van der Waals surface area (Å²) in [5.74, 6) is 0.791. The predicted molar refractivity (Wildman–Crippen MR) is 76.3 cm³/mol. The number of hydrogen-bond donors (Lipinski definition) is 2. The highest BCUT2D eigenvalue weighted by Crippen LogP contribution is 2.26. The van der Waals surface area contributed by atoms with E-state index in [1.54, 1.807) is 7.11 Å². The van der Waals surface area contributed by atoms with Crippen LogP contribution in [-0.4, -0.2) is 19.3 Å². The van der Waals surface area contributed by atoms with Crippen molar-refractivity contribution in [3.63, 3.8) is 0 Å². The van der Waals surface area contributed by atoms with Gasteiger partial charge in [-0.1, -0.05) is 36.4 Å². The molecule has 2 aromatic rings. The Balaban J connectivity index is 2.29. The summed E-state index contributed by atoms with van der Waals surface area (Å²) in [7, 11) is 3.53. The number of nitrogens with one attached hydrogen (secondary N) is 1. The second kappa shape index (κ2) is 6.36. The van der Waals surface area contributed by atoms with Crippen LogP contribution in [0, 0.1) is 0 Å². The van der Waals surface area contributed by atoms with Gasteiger partial charge < -0.3 is 15.2 Å². The third-order valence-corrected chi connectivity index (χ3v) is 3.15. The van der Waals surface area contributed by atoms with Crippen LogP contribution in [0.4, 0.5) is 0 Å². The molecule has 1 atom stereocenters. The van der Waals surface area contributed by atoms with E-state index in [-0.39, 0.29) is 0 Å². The van der Waals surface area contributed by atoms with Crippen LogP contribution in [-0.2, 0) is 6.54 Å². The van der Waals surface area contributed by atoms with E-state index in [2.05, 4.69) is 5.32 Å². The smallest absolute Gasteiger partial charge is 0.118 e. The topological polar surface area (TPSA) is 41.5 Å². The summed E-state index contributed by atoms with van der Waals surface area (Å²) in [5.41, 5.74) is 2.90. The fourth-order valence-corrected chi connectivity index (χ4v) is 2.12. The molecule has 0 bridgehead atoms. The summed E-state index contributed by atoms with van der Waals surface area (Å²) in [4.78, 5) is 0. The maximum absolute atomic E-state index is 10.5. The van der Waals surface area contributed by atoms with Gasteiger partial charge in [-0.3, -0.25) is 0 Å². The molecule has 0 aliphatic rings. The van der Waals surface area contributed by atoms with Crippen LogP contribution in [0.2, 0.25) is 0 Å². The molecule has 0 aliphatic heterocycles. The Morgan fingerprint density at radius 1 is 1.11 bits per heavy atom. The SMILES string of the molecule is CNCc1ccccc1[C@@H](O)c1ccc(OC)cc1. The lowest BCUT2D eigenvalue weighted by molar-refractivity contribution is 0.219. The zero-order chi connectivity index (χ0) is 13.7. The molecule has 0 unspecified atom stereocenters. The highest BCUT2D eigenvalue weighted by molar-refractivity contribution is 5.37. The molecule has 0 aliphatic carbocycles. The molecule has 2 rings (SSSR count). The highest BCUT2D eigenvalue weighted by atomic mass is 16.5. The number of methoxy groups -OCH3 is 1. The monoisotopic (exact) mass is 257 g/mol. The third kappa shape index (κ3) is 3.13. The summed E-state index contributed by atoms with van der Waals surface area (Å²) in [5, 5.41) is 13.6. The molecule has 0 saturated heterocycles. The number of benzene rings is 2. The van der Waals surface area contributed by atoms with Crippen molar-refractivity contribution in [2.75, 3.05) is 14.2 Å². The Morgan fingerprint density at radius 3 is 2.42 bits per heavy atom. The van der Waals surface area contributed by atoms with Crippen molar-refractivity contribution in [2.45, 2.75) is 12.6 Å². The predicted octanol–water partition coefficient (Wildman–Crippen LogP) is 2.50. The van der Waals surface area contributed by atoms with Crippen molar-refractivity contribution in [3.8, 4) is 5.75 Å². The van der Waals surface area contributed by atoms with Crippen molar-refractivity contribution < 1.29 is 9.84 Å². The molecule has 3 nitrogen and oxygen atoms in total. The molecule has 2 N–H and O–H groups in total. The van der Waals surface area contributed by atoms with Gasteiger partial charge in [-0.25, -0.2) is 0 Å². The van der Waals surface area contributed by atoms with E-state index in [4.69, 9.17) is 4.74 Å². The Labute approximate surface area is 113 Å². The Morgan fingerprint density at radius 2 is 1.79 bits per heavy atom. The Bertz CT molecular complexity index is 523. The maximum atomic E-state index is 10.5. The average Bonchev–Trinajstić information content (AvgIpc) is 2.47. The molecule has 0 saturated carbocycles. The lowest BCUT2D eigenvalue weighted by Crippen LogP contribution is -2.10. The molecule has 0 radical (unpaired) electrons. The van der Waals surface area contributed by atoms with E-state index in [0.29, 0.717) is 0 Å². The second-order valence-electron chi connectivity index (χ2n) is 4.40. The Hall–Kier alpha value is -1.84. The lowest BCUT2D eigenvalue weighted by Gasteiger charge is -2.16. The molecule has 19 heavy (non-hydrogen) atoms. The molecule has 3 heteroatoms. The highest BCUT2D eigenvalue weighted by Gasteiger charge is 2.13. The van der Waals surface area contributed by atoms with Crippen LogP contribution < -0.4 is 10.1 Å². The molecule has 0 aromatic heterocycles. The zero-order valence-corrected chi connectivity index (χ0v) is 11.3. The first-order valence-corrected chi connectivity index (χ1v) is 6.30. The van der Waals surface area contributed by atoms with Crippen molar-refractivity contribution in [1.29, 1.82) is 0 Å². The van der Waals surface area contributed by atoms with E-state index < -0.39 is 6.10 Å². The van der Waals surface area contributed by atoms with Gasteiger partial charge >= 0.3 is 0 Å². The van der Waals surface area contributed by atoms with Gasteiger partial charge in [-0.05, 0) is 35.9 Å². The summed E-state index contributed by atoms with van der Waals surface area (Å²) in [6.45, 7) is 0.739. The minimum absolute atomic E-state index is 0.615. The molecule has 0 amide bonds. The molecule has 0 fully saturated rings. The van der Waals surface area contributed by atoms with Crippen LogP contribution in [0.1, 0.15) is 22.8 Å². The van der Waals surface area contributed by atoms with Gasteiger partial charge in [-0.2, -0.15) is 0 Å². The number of aliphatic hydroxyl groups is 1. The number of aliphatic hydroxyl groups excluding tert-OH is 1. The quantitative estimate of drug-likeness (QED) is 0.864. The Kier molecular flexibility index (Phi) is 4.55. The van der Waals surface area contributed by atoms with Crippen LogP contribution in [0.3, 0.4) is 0 Å². The van der Waals surface area contributed by atoms with Crippen LogP contribution in [0.15, 0.2) is 48.5 Å². The molecule has 0 spiro atoms.